The molecule has 0 spiro atoms. The first kappa shape index (κ1) is 21.1. The Morgan fingerprint density at radius 2 is 1.74 bits per heavy atom. The van der Waals surface area contributed by atoms with Crippen LogP contribution in [0, 0.1) is 0 Å². The molecule has 0 fully saturated rings. The van der Waals surface area contributed by atoms with Crippen LogP contribution < -0.4 is 14.2 Å². The molecular weight excluding hydrogens is 424 g/mol. The number of nitrogens with one attached hydrogen (secondary N) is 1. The van der Waals surface area contributed by atoms with Gasteiger partial charge in [-0.15, -0.1) is 0 Å². The minimum atomic E-state index is -3.56. The van der Waals surface area contributed by atoms with E-state index in [1.807, 2.05) is 30.3 Å². The van der Waals surface area contributed by atoms with Crippen LogP contribution in [0.4, 0.5) is 14.5 Å². The number of rotatable bonds is 6. The molecule has 0 saturated carbocycles. The molecule has 1 N–H and O–H groups in total. The van der Waals surface area contributed by atoms with Crippen molar-refractivity contribution < 1.29 is 26.7 Å². The van der Waals surface area contributed by atoms with Crippen LogP contribution in [0.2, 0.25) is 0 Å². The molecule has 3 aromatic carbocycles. The van der Waals surface area contributed by atoms with E-state index in [-0.39, 0.29) is 5.75 Å². The van der Waals surface area contributed by atoms with Gasteiger partial charge in [-0.05, 0) is 49.2 Å². The first-order chi connectivity index (χ1) is 14.8. The molecule has 1 unspecified atom stereocenters. The van der Waals surface area contributed by atoms with Crippen molar-refractivity contribution in [3.05, 3.63) is 77.9 Å². The molecule has 1 heterocycles. The van der Waals surface area contributed by atoms with E-state index in [4.69, 9.17) is 9.47 Å². The van der Waals surface area contributed by atoms with Crippen LogP contribution in [0.1, 0.15) is 31.1 Å². The molecule has 31 heavy (non-hydrogen) atoms. The second kappa shape index (κ2) is 8.19. The molecule has 1 aliphatic heterocycles. The fourth-order valence-electron chi connectivity index (χ4n) is 3.49. The predicted octanol–water partition coefficient (Wildman–Crippen LogP) is 5.59. The molecule has 0 radical (unpaired) electrons. The highest BCUT2D eigenvalue weighted by molar-refractivity contribution is 7.93. The highest BCUT2D eigenvalue weighted by atomic mass is 32.2. The van der Waals surface area contributed by atoms with E-state index in [2.05, 4.69) is 4.72 Å². The lowest BCUT2D eigenvalue weighted by Gasteiger charge is -2.30. The summed E-state index contributed by atoms with van der Waals surface area (Å²) in [6.45, 7) is 0.181. The minimum Gasteiger partial charge on any atom is -0.480 e. The molecule has 1 aliphatic rings. The Kier molecular flexibility index (Phi) is 5.58. The summed E-state index contributed by atoms with van der Waals surface area (Å²) in [7, 11) is -3.56. The Morgan fingerprint density at radius 3 is 2.42 bits per heavy atom. The molecule has 0 aliphatic carbocycles. The Hall–Kier alpha value is -3.13. The molecule has 8 heteroatoms. The number of anilines is 1. The topological polar surface area (TPSA) is 64.6 Å². The van der Waals surface area contributed by atoms with Crippen molar-refractivity contribution in [2.24, 2.45) is 0 Å². The van der Waals surface area contributed by atoms with Crippen LogP contribution in [-0.4, -0.2) is 20.3 Å². The summed E-state index contributed by atoms with van der Waals surface area (Å²) in [4.78, 5) is 0. The molecule has 3 aromatic rings. The van der Waals surface area contributed by atoms with Crippen molar-refractivity contribution in [2.45, 2.75) is 31.8 Å². The normalized spacial score (nSPS) is 15.2. The zero-order valence-corrected chi connectivity index (χ0v) is 17.7. The van der Waals surface area contributed by atoms with Crippen molar-refractivity contribution in [3.63, 3.8) is 0 Å². The van der Waals surface area contributed by atoms with Gasteiger partial charge in [0.25, 0.3) is 0 Å². The summed E-state index contributed by atoms with van der Waals surface area (Å²) in [5.74, 6) is 0.408. The summed E-state index contributed by atoms with van der Waals surface area (Å²) in [5, 5.41) is -0.614. The number of ether oxygens (including phenoxy) is 2. The number of hydrogen-bond donors (Lipinski definition) is 1. The van der Waals surface area contributed by atoms with Gasteiger partial charge in [-0.3, -0.25) is 4.72 Å². The van der Waals surface area contributed by atoms with Crippen LogP contribution in [0.15, 0.2) is 66.7 Å². The van der Waals surface area contributed by atoms with Gasteiger partial charge in [0.05, 0.1) is 10.8 Å². The van der Waals surface area contributed by atoms with Crippen molar-refractivity contribution in [1.82, 2.24) is 0 Å². The maximum Gasteiger partial charge on any atom is 0.387 e. The largest absolute Gasteiger partial charge is 0.480 e. The molecule has 5 nitrogen and oxygen atoms in total. The molecule has 0 bridgehead atoms. The van der Waals surface area contributed by atoms with Crippen LogP contribution in [-0.2, 0) is 10.0 Å². The van der Waals surface area contributed by atoms with E-state index >= 15 is 0 Å². The van der Waals surface area contributed by atoms with Crippen molar-refractivity contribution in [1.29, 1.82) is 0 Å². The van der Waals surface area contributed by atoms with Crippen molar-refractivity contribution in [2.75, 3.05) is 4.72 Å². The van der Waals surface area contributed by atoms with Gasteiger partial charge < -0.3 is 9.47 Å². The molecule has 4 rings (SSSR count). The highest BCUT2D eigenvalue weighted by Crippen LogP contribution is 2.49. The molecule has 1 atom stereocenters. The van der Waals surface area contributed by atoms with Crippen LogP contribution >= 0.6 is 0 Å². The Morgan fingerprint density at radius 1 is 1.00 bits per heavy atom. The van der Waals surface area contributed by atoms with Crippen LogP contribution in [0.5, 0.6) is 11.5 Å². The Balaban J connectivity index is 1.88. The third-order valence-corrected chi connectivity index (χ3v) is 6.80. The third kappa shape index (κ3) is 4.20. The maximum atomic E-state index is 13.0. The molecule has 162 valence electrons. The second-order valence-corrected chi connectivity index (χ2v) is 9.65. The van der Waals surface area contributed by atoms with Gasteiger partial charge in [0.1, 0.15) is 17.6 Å². The molecule has 0 saturated heterocycles. The number of fused-ring (bicyclic) bond motifs is 3. The molecule has 0 amide bonds. The average Bonchev–Trinajstić information content (AvgIpc) is 2.73. The van der Waals surface area contributed by atoms with Crippen molar-refractivity contribution >= 4 is 15.7 Å². The lowest BCUT2D eigenvalue weighted by molar-refractivity contribution is -0.0496. The van der Waals surface area contributed by atoms with Crippen molar-refractivity contribution in [3.8, 4) is 22.6 Å². The summed E-state index contributed by atoms with van der Waals surface area (Å²) >= 11 is 0. The van der Waals surface area contributed by atoms with Gasteiger partial charge in [-0.2, -0.15) is 8.78 Å². The number of benzene rings is 3. The lowest BCUT2D eigenvalue weighted by atomic mass is 9.89. The minimum absolute atomic E-state index is 0.00391. The quantitative estimate of drug-likeness (QED) is 0.537. The number of hydrogen-bond acceptors (Lipinski definition) is 4. The van der Waals surface area contributed by atoms with E-state index in [1.165, 1.54) is 6.07 Å². The van der Waals surface area contributed by atoms with Gasteiger partial charge >= 0.3 is 6.61 Å². The maximum absolute atomic E-state index is 13.0. The summed E-state index contributed by atoms with van der Waals surface area (Å²) < 4.78 is 64.2. The smallest absolute Gasteiger partial charge is 0.387 e. The lowest BCUT2D eigenvalue weighted by Crippen LogP contribution is -2.23. The average molecular weight is 445 g/mol. The van der Waals surface area contributed by atoms with E-state index < -0.39 is 28.0 Å². The van der Waals surface area contributed by atoms with E-state index in [0.29, 0.717) is 28.1 Å². The van der Waals surface area contributed by atoms with Gasteiger partial charge in [-0.25, -0.2) is 8.42 Å². The highest BCUT2D eigenvalue weighted by Gasteiger charge is 2.31. The fraction of sp³-hybridized carbons (Fsp3) is 0.217. The standard InChI is InChI=1S/C23H21F2NO4S/c1-14(2)31(27,28)26-16-11-12-17-18(13-16)22(15-7-4-3-5-8-15)29-19-9-6-10-20(21(17)19)30-23(24)25/h3-14,22-23,26H,1-2H3. The fourth-order valence-corrected chi connectivity index (χ4v) is 4.18. The number of halogens is 2. The second-order valence-electron chi connectivity index (χ2n) is 7.41. The third-order valence-electron chi connectivity index (χ3n) is 5.04. The monoisotopic (exact) mass is 445 g/mol. The molecule has 0 aromatic heterocycles. The van der Waals surface area contributed by atoms with Crippen LogP contribution in [0.3, 0.4) is 0 Å². The van der Waals surface area contributed by atoms with Gasteiger partial charge in [0.2, 0.25) is 10.0 Å². The van der Waals surface area contributed by atoms with E-state index in [1.54, 1.807) is 44.2 Å². The Bertz CT molecular complexity index is 1200. The first-order valence-electron chi connectivity index (χ1n) is 9.71. The number of sulfonamides is 1. The van der Waals surface area contributed by atoms with Crippen LogP contribution in [0.25, 0.3) is 11.1 Å². The Labute approximate surface area is 179 Å². The van der Waals surface area contributed by atoms with Gasteiger partial charge in [0.15, 0.2) is 0 Å². The summed E-state index contributed by atoms with van der Waals surface area (Å²) in [6.07, 6.45) is -0.547. The predicted molar refractivity (Wildman–Crippen MR) is 115 cm³/mol. The van der Waals surface area contributed by atoms with Gasteiger partial charge in [-0.1, -0.05) is 42.5 Å². The summed E-state index contributed by atoms with van der Waals surface area (Å²) in [6, 6.07) is 19.1. The zero-order valence-electron chi connectivity index (χ0n) is 16.9. The number of alkyl halides is 2. The molecular formula is C23H21F2NO4S. The van der Waals surface area contributed by atoms with E-state index in [9.17, 15) is 17.2 Å². The zero-order chi connectivity index (χ0) is 22.2. The van der Waals surface area contributed by atoms with E-state index in [0.717, 1.165) is 5.56 Å². The SMILES string of the molecule is CC(C)S(=O)(=O)Nc1ccc2c(c1)C(c1ccccc1)Oc1cccc(OC(F)F)c1-2. The first-order valence-corrected chi connectivity index (χ1v) is 11.3. The summed E-state index contributed by atoms with van der Waals surface area (Å²) in [5.41, 5.74) is 2.90. The van der Waals surface area contributed by atoms with Gasteiger partial charge in [0, 0.05) is 11.3 Å².